The average Bonchev–Trinajstić information content (AvgIpc) is 2.83. The maximum Gasteiger partial charge on any atom is 0.211 e. The lowest BCUT2D eigenvalue weighted by Crippen LogP contribution is -2.22. The molecule has 1 unspecified atom stereocenters. The molecule has 3 aromatic carbocycles. The number of carbonyl (C=O) groups is 1. The van der Waals surface area contributed by atoms with Crippen molar-refractivity contribution in [2.45, 2.75) is 26.2 Å². The first-order chi connectivity index (χ1) is 15.5. The largest absolute Gasteiger partial charge is 0.328 e. The van der Waals surface area contributed by atoms with Crippen molar-refractivity contribution in [2.75, 3.05) is 23.1 Å². The third-order valence-corrected chi connectivity index (χ3v) is 6.17. The molecule has 164 valence electrons. The van der Waals surface area contributed by atoms with E-state index in [1.807, 2.05) is 41.9 Å². The number of rotatable bonds is 10. The minimum absolute atomic E-state index is 0.350. The van der Waals surface area contributed by atoms with Gasteiger partial charge in [-0.1, -0.05) is 31.2 Å². The summed E-state index contributed by atoms with van der Waals surface area (Å²) in [5.74, 6) is 0.350. The highest BCUT2D eigenvalue weighted by Gasteiger charge is 2.08. The van der Waals surface area contributed by atoms with E-state index in [0.29, 0.717) is 11.5 Å². The summed E-state index contributed by atoms with van der Waals surface area (Å²) in [6, 6.07) is 24.4. The number of anilines is 3. The van der Waals surface area contributed by atoms with Gasteiger partial charge in [0.2, 0.25) is 6.41 Å². The number of carbonyl (C=O) groups excluding carboxylic acids is 1. The van der Waals surface area contributed by atoms with Crippen molar-refractivity contribution >= 4 is 32.9 Å². The minimum Gasteiger partial charge on any atom is -0.328 e. The van der Waals surface area contributed by atoms with Crippen LogP contribution in [0.2, 0.25) is 0 Å². The van der Waals surface area contributed by atoms with Gasteiger partial charge in [0.05, 0.1) is 11.6 Å². The Morgan fingerprint density at radius 2 is 1.72 bits per heavy atom. The molecule has 2 atom stereocenters. The molecule has 0 saturated heterocycles. The lowest BCUT2D eigenvalue weighted by molar-refractivity contribution is -0.105. The van der Waals surface area contributed by atoms with Crippen LogP contribution in [0.15, 0.2) is 66.7 Å². The van der Waals surface area contributed by atoms with Crippen LogP contribution in [0.3, 0.4) is 0 Å². The summed E-state index contributed by atoms with van der Waals surface area (Å²) < 4.78 is 2.03. The Balaban J connectivity index is 1.48. The lowest BCUT2D eigenvalue weighted by Gasteiger charge is -2.19. The van der Waals surface area contributed by atoms with Crippen LogP contribution in [0.5, 0.6) is 0 Å². The van der Waals surface area contributed by atoms with Gasteiger partial charge in [0.25, 0.3) is 0 Å². The predicted molar refractivity (Wildman–Crippen MR) is 135 cm³/mol. The maximum atomic E-state index is 10.8. The van der Waals surface area contributed by atoms with E-state index in [4.69, 9.17) is 5.26 Å². The molecule has 0 saturated carbocycles. The van der Waals surface area contributed by atoms with Crippen LogP contribution in [0.25, 0.3) is 0 Å². The number of aryl methyl sites for hydroxylation is 1. The zero-order chi connectivity index (χ0) is 22.9. The van der Waals surface area contributed by atoms with Crippen molar-refractivity contribution in [2.24, 2.45) is 0 Å². The van der Waals surface area contributed by atoms with Crippen molar-refractivity contribution in [3.05, 3.63) is 89.0 Å². The van der Waals surface area contributed by atoms with E-state index in [1.54, 1.807) is 0 Å². The standard InChI is InChI=1S/C26H29N4OP/c1-19-3-8-23(15-26(19)29-18-31)20(2)17-28-14-13-21-4-9-24(10-5-21)30(32)25-11-6-22(16-27)7-12-25/h3-12,15,18,20,28H,13-14,17,32H2,1-2H3,(H,29,31)/t20-/m0/s1. The van der Waals surface area contributed by atoms with E-state index < -0.39 is 0 Å². The molecule has 0 aliphatic rings. The highest BCUT2D eigenvalue weighted by Crippen LogP contribution is 2.29. The molecular weight excluding hydrogens is 415 g/mol. The fourth-order valence-corrected chi connectivity index (χ4v) is 3.85. The number of amides is 1. The highest BCUT2D eigenvalue weighted by atomic mass is 31.0. The molecule has 0 bridgehead atoms. The molecule has 32 heavy (non-hydrogen) atoms. The minimum atomic E-state index is 0.350. The molecule has 0 heterocycles. The molecule has 2 N–H and O–H groups in total. The van der Waals surface area contributed by atoms with E-state index in [-0.39, 0.29) is 0 Å². The fraction of sp³-hybridized carbons (Fsp3) is 0.231. The quantitative estimate of drug-likeness (QED) is 0.253. The molecule has 3 aromatic rings. The van der Waals surface area contributed by atoms with E-state index in [1.165, 1.54) is 11.1 Å². The Bertz CT molecular complexity index is 1070. The van der Waals surface area contributed by atoms with Crippen molar-refractivity contribution in [1.29, 1.82) is 5.26 Å². The van der Waals surface area contributed by atoms with Crippen LogP contribution < -0.4 is 15.3 Å². The second-order valence-corrected chi connectivity index (χ2v) is 8.40. The molecule has 0 radical (unpaired) electrons. The van der Waals surface area contributed by atoms with E-state index in [0.717, 1.165) is 48.5 Å². The Labute approximate surface area is 192 Å². The third-order valence-electron chi connectivity index (χ3n) is 5.58. The van der Waals surface area contributed by atoms with Gasteiger partial charge in [-0.15, -0.1) is 0 Å². The topological polar surface area (TPSA) is 68.2 Å². The molecule has 6 heteroatoms. The summed E-state index contributed by atoms with van der Waals surface area (Å²) in [4.78, 5) is 10.8. The van der Waals surface area contributed by atoms with Crippen LogP contribution in [-0.2, 0) is 11.2 Å². The van der Waals surface area contributed by atoms with Crippen molar-refractivity contribution < 1.29 is 4.79 Å². The van der Waals surface area contributed by atoms with Gasteiger partial charge in [-0.25, -0.2) is 0 Å². The summed E-state index contributed by atoms with van der Waals surface area (Å²) in [5.41, 5.74) is 7.16. The molecule has 0 aliphatic heterocycles. The fourth-order valence-electron chi connectivity index (χ4n) is 3.50. The van der Waals surface area contributed by atoms with Crippen LogP contribution in [0, 0.1) is 18.3 Å². The number of benzene rings is 3. The van der Waals surface area contributed by atoms with E-state index in [9.17, 15) is 4.79 Å². The van der Waals surface area contributed by atoms with Crippen LogP contribution in [0.1, 0.15) is 35.1 Å². The Morgan fingerprint density at radius 3 is 2.34 bits per heavy atom. The monoisotopic (exact) mass is 444 g/mol. The average molecular weight is 445 g/mol. The van der Waals surface area contributed by atoms with E-state index in [2.05, 4.69) is 69.4 Å². The first-order valence-electron chi connectivity index (χ1n) is 10.7. The Hall–Kier alpha value is -3.19. The van der Waals surface area contributed by atoms with Crippen LogP contribution in [-0.4, -0.2) is 19.5 Å². The second-order valence-electron chi connectivity index (χ2n) is 7.89. The van der Waals surface area contributed by atoms with Gasteiger partial charge >= 0.3 is 0 Å². The molecule has 0 aromatic heterocycles. The normalized spacial score (nSPS) is 11.4. The zero-order valence-electron chi connectivity index (χ0n) is 18.5. The first-order valence-corrected chi connectivity index (χ1v) is 11.2. The number of nitrogens with one attached hydrogen (secondary N) is 2. The summed E-state index contributed by atoms with van der Waals surface area (Å²) in [6.45, 7) is 5.95. The highest BCUT2D eigenvalue weighted by molar-refractivity contribution is 7.19. The van der Waals surface area contributed by atoms with E-state index >= 15 is 0 Å². The molecule has 3 rings (SSSR count). The Kier molecular flexibility index (Phi) is 8.39. The van der Waals surface area contributed by atoms with Gasteiger partial charge in [0, 0.05) is 23.6 Å². The number of hydrogen-bond donors (Lipinski definition) is 2. The molecule has 0 spiro atoms. The van der Waals surface area contributed by atoms with Crippen LogP contribution in [0.4, 0.5) is 17.1 Å². The molecule has 0 aliphatic carbocycles. The smallest absolute Gasteiger partial charge is 0.211 e. The van der Waals surface area contributed by atoms with Gasteiger partial charge in [0.1, 0.15) is 0 Å². The predicted octanol–water partition coefficient (Wildman–Crippen LogP) is 5.30. The van der Waals surface area contributed by atoms with Crippen molar-refractivity contribution in [3.63, 3.8) is 0 Å². The van der Waals surface area contributed by atoms with Crippen molar-refractivity contribution in [3.8, 4) is 6.07 Å². The summed E-state index contributed by atoms with van der Waals surface area (Å²) in [7, 11) is 2.73. The maximum absolute atomic E-state index is 10.8. The number of nitriles is 1. The summed E-state index contributed by atoms with van der Waals surface area (Å²) in [5, 5.41) is 15.3. The molecule has 1 amide bonds. The van der Waals surface area contributed by atoms with Crippen molar-refractivity contribution in [1.82, 2.24) is 5.32 Å². The van der Waals surface area contributed by atoms with Gasteiger partial charge < -0.3 is 15.3 Å². The lowest BCUT2D eigenvalue weighted by atomic mass is 9.98. The number of nitrogens with zero attached hydrogens (tertiary/aromatic N) is 2. The van der Waals surface area contributed by atoms with Crippen LogP contribution >= 0.6 is 9.39 Å². The molecule has 0 fully saturated rings. The second kappa shape index (κ2) is 11.4. The third kappa shape index (κ3) is 6.17. The van der Waals surface area contributed by atoms with Gasteiger partial charge in [-0.3, -0.25) is 4.79 Å². The summed E-state index contributed by atoms with van der Waals surface area (Å²) >= 11 is 0. The number of hydrogen-bond acceptors (Lipinski definition) is 4. The molecule has 5 nitrogen and oxygen atoms in total. The Morgan fingerprint density at radius 1 is 1.06 bits per heavy atom. The van der Waals surface area contributed by atoms with Gasteiger partial charge in [0.15, 0.2) is 0 Å². The van der Waals surface area contributed by atoms with Gasteiger partial charge in [-0.05, 0) is 94.4 Å². The van der Waals surface area contributed by atoms with Gasteiger partial charge in [-0.2, -0.15) is 5.26 Å². The first kappa shape index (κ1) is 23.5. The SMILES string of the molecule is Cc1ccc([C@@H](C)CNCCc2ccc(N(P)c3ccc(C#N)cc3)cc2)cc1NC=O. The summed E-state index contributed by atoms with van der Waals surface area (Å²) in [6.07, 6.45) is 1.67. The zero-order valence-corrected chi connectivity index (χ0v) is 19.7. The molecular formula is C26H29N4OP.